The van der Waals surface area contributed by atoms with E-state index in [1.165, 1.54) is 20.0 Å². The highest BCUT2D eigenvalue weighted by molar-refractivity contribution is 5.75. The van der Waals surface area contributed by atoms with Gasteiger partial charge in [-0.05, 0) is 6.92 Å². The van der Waals surface area contributed by atoms with Crippen molar-refractivity contribution in [2.45, 2.75) is 65.3 Å². The van der Waals surface area contributed by atoms with E-state index in [4.69, 9.17) is 18.9 Å². The highest BCUT2D eigenvalue weighted by atomic mass is 16.7. The number of hydrogen-bond donors (Lipinski definition) is 1. The van der Waals surface area contributed by atoms with Crippen molar-refractivity contribution >= 4 is 23.8 Å². The third-order valence-electron chi connectivity index (χ3n) is 3.68. The molecule has 1 aliphatic heterocycles. The van der Waals surface area contributed by atoms with Gasteiger partial charge < -0.3 is 29.0 Å². The zero-order chi connectivity index (χ0) is 20.7. The van der Waals surface area contributed by atoms with Crippen LogP contribution < -0.4 is 0 Å². The van der Waals surface area contributed by atoms with Crippen LogP contribution >= 0.6 is 0 Å². The Labute approximate surface area is 157 Å². The van der Waals surface area contributed by atoms with Gasteiger partial charge in [0.15, 0.2) is 18.5 Å². The lowest BCUT2D eigenvalue weighted by atomic mass is 9.95. The van der Waals surface area contributed by atoms with E-state index in [1.807, 2.05) is 0 Å². The molecule has 1 rings (SSSR count). The average molecular weight is 387 g/mol. The van der Waals surface area contributed by atoms with Gasteiger partial charge in [0, 0.05) is 33.9 Å². The van der Waals surface area contributed by atoms with E-state index in [0.29, 0.717) is 0 Å². The first-order valence-electron chi connectivity index (χ1n) is 8.31. The molecule has 0 aromatic heterocycles. The maximum atomic E-state index is 12.0. The first kappa shape index (κ1) is 22.6. The summed E-state index contributed by atoms with van der Waals surface area (Å²) in [7, 11) is 0. The number of aliphatic hydroxyl groups excluding tert-OH is 1. The fourth-order valence-corrected chi connectivity index (χ4v) is 2.77. The summed E-state index contributed by atoms with van der Waals surface area (Å²) < 4.78 is 20.8. The van der Waals surface area contributed by atoms with Crippen molar-refractivity contribution < 1.29 is 43.2 Å². The summed E-state index contributed by atoms with van der Waals surface area (Å²) >= 11 is 0. The summed E-state index contributed by atoms with van der Waals surface area (Å²) in [6.07, 6.45) is -2.24. The summed E-state index contributed by atoms with van der Waals surface area (Å²) in [5.41, 5.74) is 0. The third-order valence-corrected chi connectivity index (χ3v) is 3.68. The number of hydrogen-bond acceptors (Lipinski definition) is 9. The standard InChI is InChI=1S/C17H25NO9/c1-6-7-18(9(2)19)14-16(26-12(5)22)15(25-11(4)21)13(27-17(14)23)8-24-10(3)20/h6-7,13-17,23H,8H2,1-5H3/b7-6+/t13-,14-,15-,16-,17-/m1/s1. The van der Waals surface area contributed by atoms with Crippen LogP contribution in [-0.2, 0) is 38.1 Å². The van der Waals surface area contributed by atoms with E-state index >= 15 is 0 Å². The van der Waals surface area contributed by atoms with Gasteiger partial charge in [-0.3, -0.25) is 19.2 Å². The van der Waals surface area contributed by atoms with Gasteiger partial charge in [-0.2, -0.15) is 0 Å². The Kier molecular flexibility index (Phi) is 8.38. The number of esters is 3. The smallest absolute Gasteiger partial charge is 0.303 e. The minimum absolute atomic E-state index is 0.349. The van der Waals surface area contributed by atoms with Crippen molar-refractivity contribution in [3.05, 3.63) is 12.3 Å². The molecule has 1 aliphatic rings. The summed E-state index contributed by atoms with van der Waals surface area (Å²) in [4.78, 5) is 47.4. The molecular formula is C17H25NO9. The lowest BCUT2D eigenvalue weighted by Gasteiger charge is -2.46. The molecular weight excluding hydrogens is 362 g/mol. The monoisotopic (exact) mass is 387 g/mol. The van der Waals surface area contributed by atoms with Crippen molar-refractivity contribution in [3.63, 3.8) is 0 Å². The minimum atomic E-state index is -1.60. The molecule has 1 amide bonds. The Morgan fingerprint density at radius 2 is 1.56 bits per heavy atom. The topological polar surface area (TPSA) is 129 Å². The van der Waals surface area contributed by atoms with Gasteiger partial charge in [0.1, 0.15) is 18.8 Å². The minimum Gasteiger partial charge on any atom is -0.463 e. The Morgan fingerprint density at radius 3 is 2.00 bits per heavy atom. The predicted octanol–water partition coefficient (Wildman–Crippen LogP) is -0.119. The number of amides is 1. The van der Waals surface area contributed by atoms with Crippen molar-refractivity contribution in [2.24, 2.45) is 0 Å². The fraction of sp³-hybridized carbons (Fsp3) is 0.647. The quantitative estimate of drug-likeness (QED) is 0.490. The van der Waals surface area contributed by atoms with Crippen LogP contribution in [0, 0.1) is 0 Å². The molecule has 1 fully saturated rings. The van der Waals surface area contributed by atoms with E-state index in [2.05, 4.69) is 0 Å². The molecule has 5 atom stereocenters. The lowest BCUT2D eigenvalue weighted by Crippen LogP contribution is -2.66. The molecule has 1 N–H and O–H groups in total. The van der Waals surface area contributed by atoms with Crippen LogP contribution in [0.4, 0.5) is 0 Å². The Balaban J connectivity index is 3.33. The number of carbonyl (C=O) groups excluding carboxylic acids is 4. The predicted molar refractivity (Wildman–Crippen MR) is 89.7 cm³/mol. The van der Waals surface area contributed by atoms with Crippen LogP contribution in [0.1, 0.15) is 34.6 Å². The van der Waals surface area contributed by atoms with Crippen LogP contribution in [-0.4, -0.2) is 71.1 Å². The molecule has 10 nitrogen and oxygen atoms in total. The molecule has 0 spiro atoms. The van der Waals surface area contributed by atoms with E-state index < -0.39 is 54.5 Å². The van der Waals surface area contributed by atoms with Crippen molar-refractivity contribution in [3.8, 4) is 0 Å². The molecule has 0 aromatic rings. The third kappa shape index (κ3) is 6.33. The van der Waals surface area contributed by atoms with Crippen LogP contribution in [0.25, 0.3) is 0 Å². The van der Waals surface area contributed by atoms with E-state index in [-0.39, 0.29) is 6.61 Å². The highest BCUT2D eigenvalue weighted by Gasteiger charge is 2.52. The van der Waals surface area contributed by atoms with Gasteiger partial charge in [-0.25, -0.2) is 0 Å². The van der Waals surface area contributed by atoms with Crippen LogP contribution in [0.5, 0.6) is 0 Å². The fourth-order valence-electron chi connectivity index (χ4n) is 2.77. The average Bonchev–Trinajstić information content (AvgIpc) is 2.53. The molecule has 27 heavy (non-hydrogen) atoms. The van der Waals surface area contributed by atoms with Gasteiger partial charge in [0.25, 0.3) is 0 Å². The van der Waals surface area contributed by atoms with E-state index in [1.54, 1.807) is 13.0 Å². The number of aliphatic hydroxyl groups is 1. The SMILES string of the molecule is C/C=C/N(C(C)=O)[C@@H]1[C@@H](OC(C)=O)[C@H](OC(C)=O)[C@@H](COC(C)=O)O[C@H]1O. The molecule has 0 aliphatic carbocycles. The summed E-state index contributed by atoms with van der Waals surface area (Å²) in [5, 5.41) is 10.5. The van der Waals surface area contributed by atoms with Gasteiger partial charge in [-0.1, -0.05) is 6.08 Å². The number of allylic oxidation sites excluding steroid dienone is 1. The summed E-state index contributed by atoms with van der Waals surface area (Å²) in [5.74, 6) is -2.49. The normalized spacial score (nSPS) is 27.7. The van der Waals surface area contributed by atoms with Crippen LogP contribution in [0.15, 0.2) is 12.3 Å². The number of carbonyl (C=O) groups is 4. The highest BCUT2D eigenvalue weighted by Crippen LogP contribution is 2.29. The summed E-state index contributed by atoms with van der Waals surface area (Å²) in [6, 6.07) is -1.18. The summed E-state index contributed by atoms with van der Waals surface area (Å²) in [6.45, 7) is 6.01. The first-order valence-corrected chi connectivity index (χ1v) is 8.31. The number of rotatable bonds is 6. The number of ether oxygens (including phenoxy) is 4. The van der Waals surface area contributed by atoms with Crippen LogP contribution in [0.3, 0.4) is 0 Å². The number of nitrogens with zero attached hydrogens (tertiary/aromatic N) is 1. The molecule has 0 aromatic carbocycles. The molecule has 0 saturated carbocycles. The van der Waals surface area contributed by atoms with E-state index in [0.717, 1.165) is 18.7 Å². The maximum Gasteiger partial charge on any atom is 0.303 e. The molecule has 1 heterocycles. The zero-order valence-corrected chi connectivity index (χ0v) is 15.9. The molecule has 0 unspecified atom stereocenters. The molecule has 0 radical (unpaired) electrons. The van der Waals surface area contributed by atoms with Crippen LogP contribution in [0.2, 0.25) is 0 Å². The second-order valence-electron chi connectivity index (χ2n) is 5.92. The van der Waals surface area contributed by atoms with Crippen molar-refractivity contribution in [1.29, 1.82) is 0 Å². The van der Waals surface area contributed by atoms with Gasteiger partial charge in [0.2, 0.25) is 5.91 Å². The maximum absolute atomic E-state index is 12.0. The van der Waals surface area contributed by atoms with Crippen molar-refractivity contribution in [1.82, 2.24) is 4.90 Å². The second-order valence-corrected chi connectivity index (χ2v) is 5.92. The zero-order valence-electron chi connectivity index (χ0n) is 15.9. The Hall–Kier alpha value is -2.46. The first-order chi connectivity index (χ1) is 12.6. The molecule has 1 saturated heterocycles. The largest absolute Gasteiger partial charge is 0.463 e. The molecule has 10 heteroatoms. The van der Waals surface area contributed by atoms with Gasteiger partial charge in [0.05, 0.1) is 0 Å². The van der Waals surface area contributed by atoms with Gasteiger partial charge >= 0.3 is 17.9 Å². The molecule has 152 valence electrons. The Morgan fingerprint density at radius 1 is 1.00 bits per heavy atom. The van der Waals surface area contributed by atoms with Crippen molar-refractivity contribution in [2.75, 3.05) is 6.61 Å². The van der Waals surface area contributed by atoms with Gasteiger partial charge in [-0.15, -0.1) is 0 Å². The lowest BCUT2D eigenvalue weighted by molar-refractivity contribution is -0.275. The Bertz CT molecular complexity index is 603. The molecule has 0 bridgehead atoms. The van der Waals surface area contributed by atoms with E-state index in [9.17, 15) is 24.3 Å². The second kappa shape index (κ2) is 10.0.